The highest BCUT2D eigenvalue weighted by molar-refractivity contribution is 5.91. The van der Waals surface area contributed by atoms with Crippen LogP contribution in [0.5, 0.6) is 11.5 Å². The van der Waals surface area contributed by atoms with Gasteiger partial charge in [0.1, 0.15) is 12.4 Å². The van der Waals surface area contributed by atoms with Gasteiger partial charge < -0.3 is 9.47 Å². The van der Waals surface area contributed by atoms with Gasteiger partial charge in [-0.3, -0.25) is 0 Å². The molecule has 0 aromatic heterocycles. The Kier molecular flexibility index (Phi) is 7.77. The second kappa shape index (κ2) is 11.0. The van der Waals surface area contributed by atoms with Gasteiger partial charge in [-0.2, -0.15) is 4.39 Å². The maximum Gasteiger partial charge on any atom is 0.346 e. The maximum atomic E-state index is 15.0. The number of halogens is 4. The van der Waals surface area contributed by atoms with E-state index in [1.165, 1.54) is 30.3 Å². The Morgan fingerprint density at radius 2 is 1.58 bits per heavy atom. The van der Waals surface area contributed by atoms with E-state index < -0.39 is 34.8 Å². The van der Waals surface area contributed by atoms with E-state index in [-0.39, 0.29) is 29.6 Å². The summed E-state index contributed by atoms with van der Waals surface area (Å²) in [6, 6.07) is 11.0. The molecule has 0 heterocycles. The van der Waals surface area contributed by atoms with E-state index in [1.807, 2.05) is 0 Å². The van der Waals surface area contributed by atoms with Crippen LogP contribution in [0.3, 0.4) is 0 Å². The number of carbonyl (C=O) groups excluding carboxylic acids is 1. The van der Waals surface area contributed by atoms with Crippen LogP contribution >= 0.6 is 0 Å². The SMILES string of the molecule is C=CCOc1ccc(C(=O)Oc2ccc(-c3ccc(C4CCC(C)CC4)c(F)c3F)cc2)c(F)c1F. The molecule has 0 radical (unpaired) electrons. The summed E-state index contributed by atoms with van der Waals surface area (Å²) >= 11 is 0. The minimum Gasteiger partial charge on any atom is -0.486 e. The molecule has 7 heteroatoms. The number of carbonyl (C=O) groups is 1. The van der Waals surface area contributed by atoms with E-state index >= 15 is 0 Å². The lowest BCUT2D eigenvalue weighted by atomic mass is 9.79. The van der Waals surface area contributed by atoms with Crippen molar-refractivity contribution in [3.05, 3.63) is 95.6 Å². The number of esters is 1. The first kappa shape index (κ1) is 25.5. The average Bonchev–Trinajstić information content (AvgIpc) is 2.88. The van der Waals surface area contributed by atoms with Crippen molar-refractivity contribution >= 4 is 5.97 Å². The van der Waals surface area contributed by atoms with Crippen LogP contribution in [0.4, 0.5) is 17.6 Å². The lowest BCUT2D eigenvalue weighted by molar-refractivity contribution is 0.0728. The lowest BCUT2D eigenvalue weighted by Crippen LogP contribution is -2.13. The predicted octanol–water partition coefficient (Wildman–Crippen LogP) is 7.99. The zero-order valence-corrected chi connectivity index (χ0v) is 19.8. The second-order valence-corrected chi connectivity index (χ2v) is 9.04. The number of benzene rings is 3. The molecule has 0 spiro atoms. The van der Waals surface area contributed by atoms with Crippen molar-refractivity contribution in [2.45, 2.75) is 38.5 Å². The number of hydrogen-bond acceptors (Lipinski definition) is 3. The van der Waals surface area contributed by atoms with Gasteiger partial charge in [0.2, 0.25) is 5.82 Å². The Morgan fingerprint density at radius 3 is 2.25 bits per heavy atom. The molecule has 0 atom stereocenters. The predicted molar refractivity (Wildman–Crippen MR) is 129 cm³/mol. The first-order valence-corrected chi connectivity index (χ1v) is 11.8. The molecular weight excluding hydrogens is 472 g/mol. The fourth-order valence-corrected chi connectivity index (χ4v) is 4.49. The molecule has 0 amide bonds. The van der Waals surface area contributed by atoms with Crippen molar-refractivity contribution in [3.8, 4) is 22.6 Å². The molecular formula is C29H26F4O3. The summed E-state index contributed by atoms with van der Waals surface area (Å²) < 4.78 is 68.5. The molecule has 4 rings (SSSR count). The van der Waals surface area contributed by atoms with Gasteiger partial charge in [-0.25, -0.2) is 18.0 Å². The Bertz CT molecular complexity index is 1260. The summed E-state index contributed by atoms with van der Waals surface area (Å²) in [6.07, 6.45) is 5.04. The monoisotopic (exact) mass is 498 g/mol. The Labute approximate surface area is 207 Å². The van der Waals surface area contributed by atoms with Crippen LogP contribution < -0.4 is 9.47 Å². The van der Waals surface area contributed by atoms with Crippen molar-refractivity contribution in [1.82, 2.24) is 0 Å². The molecule has 0 bridgehead atoms. The van der Waals surface area contributed by atoms with Gasteiger partial charge in [0.25, 0.3) is 0 Å². The molecule has 0 N–H and O–H groups in total. The highest BCUT2D eigenvalue weighted by Gasteiger charge is 2.25. The van der Waals surface area contributed by atoms with Gasteiger partial charge in [0.05, 0.1) is 5.56 Å². The molecule has 36 heavy (non-hydrogen) atoms. The van der Waals surface area contributed by atoms with E-state index in [4.69, 9.17) is 9.47 Å². The molecule has 3 nitrogen and oxygen atoms in total. The van der Waals surface area contributed by atoms with Crippen molar-refractivity contribution in [2.75, 3.05) is 6.61 Å². The van der Waals surface area contributed by atoms with Crippen LogP contribution in [0, 0.1) is 29.2 Å². The molecule has 3 aromatic rings. The van der Waals surface area contributed by atoms with Gasteiger partial charge in [-0.15, -0.1) is 0 Å². The molecule has 3 aromatic carbocycles. The van der Waals surface area contributed by atoms with Crippen LogP contribution in [0.1, 0.15) is 54.4 Å². The first-order valence-electron chi connectivity index (χ1n) is 11.8. The number of hydrogen-bond donors (Lipinski definition) is 0. The summed E-state index contributed by atoms with van der Waals surface area (Å²) in [4.78, 5) is 12.4. The van der Waals surface area contributed by atoms with Crippen molar-refractivity contribution in [1.29, 1.82) is 0 Å². The lowest BCUT2D eigenvalue weighted by Gasteiger charge is -2.27. The number of rotatable bonds is 7. The van der Waals surface area contributed by atoms with E-state index in [9.17, 15) is 22.4 Å². The van der Waals surface area contributed by atoms with Gasteiger partial charge in [0.15, 0.2) is 23.2 Å². The van der Waals surface area contributed by atoms with Crippen molar-refractivity contribution in [2.24, 2.45) is 5.92 Å². The molecule has 1 aliphatic carbocycles. The zero-order chi connectivity index (χ0) is 25.8. The average molecular weight is 499 g/mol. The fraction of sp³-hybridized carbons (Fsp3) is 0.276. The highest BCUT2D eigenvalue weighted by Crippen LogP contribution is 2.39. The third kappa shape index (κ3) is 5.30. The summed E-state index contributed by atoms with van der Waals surface area (Å²) in [5, 5.41) is 0. The van der Waals surface area contributed by atoms with E-state index in [0.29, 0.717) is 17.0 Å². The van der Waals surface area contributed by atoms with Crippen molar-refractivity contribution in [3.63, 3.8) is 0 Å². The molecule has 188 valence electrons. The summed E-state index contributed by atoms with van der Waals surface area (Å²) in [5.74, 6) is -5.29. The van der Waals surface area contributed by atoms with Crippen LogP contribution in [0.15, 0.2) is 61.2 Å². The fourth-order valence-electron chi connectivity index (χ4n) is 4.49. The number of ether oxygens (including phenoxy) is 2. The van der Waals surface area contributed by atoms with Gasteiger partial charge in [0, 0.05) is 5.56 Å². The molecule has 0 unspecified atom stereocenters. The minimum absolute atomic E-state index is 0.0133. The Balaban J connectivity index is 1.49. The second-order valence-electron chi connectivity index (χ2n) is 9.04. The van der Waals surface area contributed by atoms with Crippen LogP contribution in [0.2, 0.25) is 0 Å². The smallest absolute Gasteiger partial charge is 0.346 e. The minimum atomic E-state index is -1.40. The topological polar surface area (TPSA) is 35.5 Å². The van der Waals surface area contributed by atoms with Gasteiger partial charge in [-0.05, 0) is 60.1 Å². The van der Waals surface area contributed by atoms with Crippen LogP contribution in [-0.2, 0) is 0 Å². The normalized spacial score (nSPS) is 17.5. The molecule has 1 aliphatic rings. The first-order chi connectivity index (χ1) is 17.3. The third-order valence-corrected chi connectivity index (χ3v) is 6.57. The Hall–Kier alpha value is -3.61. The largest absolute Gasteiger partial charge is 0.486 e. The highest BCUT2D eigenvalue weighted by atomic mass is 19.2. The van der Waals surface area contributed by atoms with E-state index in [1.54, 1.807) is 12.1 Å². The van der Waals surface area contributed by atoms with E-state index in [0.717, 1.165) is 37.8 Å². The molecule has 0 saturated heterocycles. The quantitative estimate of drug-likeness (QED) is 0.143. The van der Waals surface area contributed by atoms with Crippen molar-refractivity contribution < 1.29 is 31.8 Å². The molecule has 1 fully saturated rings. The maximum absolute atomic E-state index is 15.0. The summed E-state index contributed by atoms with van der Waals surface area (Å²) in [7, 11) is 0. The van der Waals surface area contributed by atoms with Gasteiger partial charge in [-0.1, -0.05) is 56.7 Å². The third-order valence-electron chi connectivity index (χ3n) is 6.57. The zero-order valence-electron chi connectivity index (χ0n) is 19.8. The summed E-state index contributed by atoms with van der Waals surface area (Å²) in [6.45, 7) is 5.57. The standard InChI is InChI=1S/C29H26F4O3/c1-3-16-35-24-15-14-23(27(32)28(24)33)29(34)36-20-10-8-19(9-11-20)22-13-12-21(25(30)26(22)31)18-6-4-17(2)5-7-18/h3,8-15,17-18H,1,4-7,16H2,2H3. The van der Waals surface area contributed by atoms with E-state index in [2.05, 4.69) is 13.5 Å². The van der Waals surface area contributed by atoms with Crippen LogP contribution in [0.25, 0.3) is 11.1 Å². The van der Waals surface area contributed by atoms with Gasteiger partial charge >= 0.3 is 5.97 Å². The van der Waals surface area contributed by atoms with Crippen LogP contribution in [-0.4, -0.2) is 12.6 Å². The molecule has 1 saturated carbocycles. The summed E-state index contributed by atoms with van der Waals surface area (Å²) in [5.41, 5.74) is 0.268. The molecule has 0 aliphatic heterocycles. The Morgan fingerprint density at radius 1 is 0.889 bits per heavy atom.